The summed E-state index contributed by atoms with van der Waals surface area (Å²) >= 11 is 0. The Morgan fingerprint density at radius 3 is 2.00 bits per heavy atom. The summed E-state index contributed by atoms with van der Waals surface area (Å²) in [6, 6.07) is 13.9. The Kier molecular flexibility index (Phi) is 4.70. The molecule has 3 aromatic rings. The van der Waals surface area contributed by atoms with E-state index in [-0.39, 0.29) is 22.7 Å². The van der Waals surface area contributed by atoms with Crippen LogP contribution in [-0.2, 0) is 0 Å². The molecule has 0 spiro atoms. The van der Waals surface area contributed by atoms with Crippen LogP contribution >= 0.6 is 0 Å². The predicted octanol–water partition coefficient (Wildman–Crippen LogP) is 4.83. The molecule has 0 saturated heterocycles. The van der Waals surface area contributed by atoms with Gasteiger partial charge in [0.15, 0.2) is 11.6 Å². The molecule has 0 saturated carbocycles. The molecule has 0 heterocycles. The van der Waals surface area contributed by atoms with Crippen LogP contribution in [0.25, 0.3) is 0 Å². The summed E-state index contributed by atoms with van der Waals surface area (Å²) in [5, 5.41) is 9.09. The first kappa shape index (κ1) is 17.2. The molecule has 0 amide bonds. The van der Waals surface area contributed by atoms with E-state index in [1.165, 1.54) is 30.3 Å². The van der Waals surface area contributed by atoms with Gasteiger partial charge < -0.3 is 20.3 Å². The summed E-state index contributed by atoms with van der Waals surface area (Å²) in [7, 11) is 0. The molecule has 0 radical (unpaired) electrons. The summed E-state index contributed by atoms with van der Waals surface area (Å²) in [6.07, 6.45) is 0. The fourth-order valence-corrected chi connectivity index (χ4v) is 2.20. The van der Waals surface area contributed by atoms with Gasteiger partial charge in [-0.15, -0.1) is 0 Å². The lowest BCUT2D eigenvalue weighted by Crippen LogP contribution is -2.02. The SMILES string of the molecule is Nc1ccc(Oc2cccc(Oc3ccc(F)c(F)c3)c2)cc1C(=O)O. The average Bonchev–Trinajstić information content (AvgIpc) is 2.60. The van der Waals surface area contributed by atoms with Crippen LogP contribution in [0.2, 0.25) is 0 Å². The first-order valence-electron chi connectivity index (χ1n) is 7.46. The van der Waals surface area contributed by atoms with Crippen molar-refractivity contribution in [3.05, 3.63) is 77.9 Å². The van der Waals surface area contributed by atoms with Crippen LogP contribution in [0.15, 0.2) is 60.7 Å². The third-order valence-corrected chi connectivity index (χ3v) is 3.42. The smallest absolute Gasteiger partial charge is 0.337 e. The van der Waals surface area contributed by atoms with Crippen molar-refractivity contribution in [1.82, 2.24) is 0 Å². The monoisotopic (exact) mass is 357 g/mol. The maximum Gasteiger partial charge on any atom is 0.337 e. The minimum Gasteiger partial charge on any atom is -0.478 e. The number of anilines is 1. The molecule has 3 rings (SSSR count). The highest BCUT2D eigenvalue weighted by Crippen LogP contribution is 2.30. The van der Waals surface area contributed by atoms with Gasteiger partial charge in [0, 0.05) is 17.8 Å². The second-order valence-electron chi connectivity index (χ2n) is 5.31. The Morgan fingerprint density at radius 2 is 1.38 bits per heavy atom. The molecule has 0 aliphatic heterocycles. The number of rotatable bonds is 5. The number of halogens is 2. The van der Waals surface area contributed by atoms with E-state index >= 15 is 0 Å². The van der Waals surface area contributed by atoms with E-state index in [9.17, 15) is 13.6 Å². The topological polar surface area (TPSA) is 81.8 Å². The Morgan fingerprint density at radius 1 is 0.808 bits per heavy atom. The second kappa shape index (κ2) is 7.10. The highest BCUT2D eigenvalue weighted by atomic mass is 19.2. The molecule has 5 nitrogen and oxygen atoms in total. The van der Waals surface area contributed by atoms with Gasteiger partial charge in [-0.3, -0.25) is 0 Å². The molecule has 132 valence electrons. The summed E-state index contributed by atoms with van der Waals surface area (Å²) in [5.41, 5.74) is 5.66. The number of nitrogens with two attached hydrogens (primary N) is 1. The molecule has 0 aliphatic rings. The summed E-state index contributed by atoms with van der Waals surface area (Å²) < 4.78 is 37.3. The maximum absolute atomic E-state index is 13.2. The second-order valence-corrected chi connectivity index (χ2v) is 5.31. The summed E-state index contributed by atoms with van der Waals surface area (Å²) in [6.45, 7) is 0. The molecule has 0 aromatic heterocycles. The average molecular weight is 357 g/mol. The van der Waals surface area contributed by atoms with Crippen molar-refractivity contribution in [2.75, 3.05) is 5.73 Å². The van der Waals surface area contributed by atoms with Crippen LogP contribution < -0.4 is 15.2 Å². The number of benzene rings is 3. The zero-order chi connectivity index (χ0) is 18.7. The zero-order valence-electron chi connectivity index (χ0n) is 13.3. The summed E-state index contributed by atoms with van der Waals surface area (Å²) in [4.78, 5) is 11.1. The van der Waals surface area contributed by atoms with Gasteiger partial charge in [-0.25, -0.2) is 13.6 Å². The molecule has 3 aromatic carbocycles. The van der Waals surface area contributed by atoms with Crippen LogP contribution in [0, 0.1) is 11.6 Å². The van der Waals surface area contributed by atoms with Crippen LogP contribution in [0.4, 0.5) is 14.5 Å². The number of carboxylic acids is 1. The van der Waals surface area contributed by atoms with Crippen molar-refractivity contribution in [2.24, 2.45) is 0 Å². The molecular weight excluding hydrogens is 344 g/mol. The van der Waals surface area contributed by atoms with Crippen LogP contribution in [-0.4, -0.2) is 11.1 Å². The van der Waals surface area contributed by atoms with E-state index < -0.39 is 17.6 Å². The van der Waals surface area contributed by atoms with Crippen molar-refractivity contribution < 1.29 is 28.2 Å². The van der Waals surface area contributed by atoms with E-state index in [1.54, 1.807) is 18.2 Å². The van der Waals surface area contributed by atoms with E-state index in [1.807, 2.05) is 0 Å². The molecule has 0 aliphatic carbocycles. The Labute approximate surface area is 147 Å². The van der Waals surface area contributed by atoms with E-state index in [0.717, 1.165) is 12.1 Å². The van der Waals surface area contributed by atoms with Gasteiger partial charge in [0.2, 0.25) is 0 Å². The first-order valence-corrected chi connectivity index (χ1v) is 7.46. The van der Waals surface area contributed by atoms with Gasteiger partial charge in [-0.05, 0) is 42.5 Å². The highest BCUT2D eigenvalue weighted by molar-refractivity contribution is 5.94. The quantitative estimate of drug-likeness (QED) is 0.639. The molecular formula is C19H13F2NO4. The number of aromatic carboxylic acids is 1. The van der Waals surface area contributed by atoms with Crippen molar-refractivity contribution in [2.45, 2.75) is 0 Å². The highest BCUT2D eigenvalue weighted by Gasteiger charge is 2.10. The Bertz CT molecular complexity index is 976. The third-order valence-electron chi connectivity index (χ3n) is 3.42. The number of hydrogen-bond acceptors (Lipinski definition) is 4. The predicted molar refractivity (Wildman–Crippen MR) is 90.8 cm³/mol. The number of ether oxygens (including phenoxy) is 2. The molecule has 0 atom stereocenters. The van der Waals surface area contributed by atoms with Crippen molar-refractivity contribution in [3.8, 4) is 23.0 Å². The Balaban J connectivity index is 1.80. The van der Waals surface area contributed by atoms with E-state index in [4.69, 9.17) is 20.3 Å². The van der Waals surface area contributed by atoms with E-state index in [2.05, 4.69) is 0 Å². The van der Waals surface area contributed by atoms with Crippen LogP contribution in [0.5, 0.6) is 23.0 Å². The van der Waals surface area contributed by atoms with Gasteiger partial charge in [0.05, 0.1) is 5.56 Å². The number of nitrogen functional groups attached to an aromatic ring is 1. The summed E-state index contributed by atoms with van der Waals surface area (Å²) in [5.74, 6) is -2.04. The molecule has 3 N–H and O–H groups in total. The lowest BCUT2D eigenvalue weighted by Gasteiger charge is -2.10. The minimum absolute atomic E-state index is 0.0725. The van der Waals surface area contributed by atoms with Gasteiger partial charge >= 0.3 is 5.97 Å². The lowest BCUT2D eigenvalue weighted by atomic mass is 10.2. The number of hydrogen-bond donors (Lipinski definition) is 2. The first-order chi connectivity index (χ1) is 12.4. The van der Waals surface area contributed by atoms with Crippen molar-refractivity contribution in [1.29, 1.82) is 0 Å². The maximum atomic E-state index is 13.2. The normalized spacial score (nSPS) is 10.4. The van der Waals surface area contributed by atoms with Crippen molar-refractivity contribution >= 4 is 11.7 Å². The van der Waals surface area contributed by atoms with Crippen LogP contribution in [0.1, 0.15) is 10.4 Å². The lowest BCUT2D eigenvalue weighted by molar-refractivity contribution is 0.0697. The molecule has 0 fully saturated rings. The molecule has 26 heavy (non-hydrogen) atoms. The van der Waals surface area contributed by atoms with Gasteiger partial charge in [0.1, 0.15) is 23.0 Å². The zero-order valence-corrected chi connectivity index (χ0v) is 13.3. The number of carbonyl (C=O) groups is 1. The fraction of sp³-hybridized carbons (Fsp3) is 0. The van der Waals surface area contributed by atoms with Gasteiger partial charge in [-0.2, -0.15) is 0 Å². The molecule has 0 bridgehead atoms. The van der Waals surface area contributed by atoms with Crippen molar-refractivity contribution in [3.63, 3.8) is 0 Å². The van der Waals surface area contributed by atoms with Gasteiger partial charge in [0.25, 0.3) is 0 Å². The molecule has 7 heteroatoms. The molecule has 0 unspecified atom stereocenters. The van der Waals surface area contributed by atoms with Crippen LogP contribution in [0.3, 0.4) is 0 Å². The minimum atomic E-state index is -1.16. The van der Waals surface area contributed by atoms with Gasteiger partial charge in [-0.1, -0.05) is 6.07 Å². The third kappa shape index (κ3) is 3.89. The largest absolute Gasteiger partial charge is 0.478 e. The number of carboxylic acid groups (broad SMARTS) is 1. The fourth-order valence-electron chi connectivity index (χ4n) is 2.20. The standard InChI is InChI=1S/C19H13F2NO4/c20-16-6-4-14(10-17(16)21)26-12-3-1-2-11(8-12)25-13-5-7-18(22)15(9-13)19(23)24/h1-10H,22H2,(H,23,24). The Hall–Kier alpha value is -3.61. The van der Waals surface area contributed by atoms with E-state index in [0.29, 0.717) is 11.5 Å².